The Morgan fingerprint density at radius 3 is 2.78 bits per heavy atom. The van der Waals surface area contributed by atoms with Crippen molar-refractivity contribution in [2.75, 3.05) is 18.5 Å². The zero-order chi connectivity index (χ0) is 26.3. The number of carbonyl (C=O) groups is 1. The molecule has 4 rings (SSSR count). The highest BCUT2D eigenvalue weighted by Crippen LogP contribution is 2.40. The first-order valence-corrected chi connectivity index (χ1v) is 12.6. The van der Waals surface area contributed by atoms with Crippen molar-refractivity contribution in [1.29, 1.82) is 0 Å². The molecule has 0 saturated heterocycles. The number of fused-ring (bicyclic) bond motifs is 1. The van der Waals surface area contributed by atoms with Crippen LogP contribution in [0.25, 0.3) is 0 Å². The van der Waals surface area contributed by atoms with Crippen molar-refractivity contribution < 1.29 is 19.0 Å². The van der Waals surface area contributed by atoms with Crippen molar-refractivity contribution in [3.8, 4) is 11.5 Å². The minimum absolute atomic E-state index is 0.184. The number of ether oxygens (including phenoxy) is 3. The smallest absolute Gasteiger partial charge is 0.344 e. The molecule has 0 fully saturated rings. The average Bonchev–Trinajstić information content (AvgIpc) is 2.91. The van der Waals surface area contributed by atoms with Gasteiger partial charge in [0, 0.05) is 35.6 Å². The topological polar surface area (TPSA) is 94.1 Å². The summed E-state index contributed by atoms with van der Waals surface area (Å²) in [7, 11) is 0. The van der Waals surface area contributed by atoms with Gasteiger partial charge >= 0.3 is 5.97 Å². The number of hydrogen-bond acceptors (Lipinski definition) is 7. The molecule has 0 bridgehead atoms. The Morgan fingerprint density at radius 1 is 1.19 bits per heavy atom. The lowest BCUT2D eigenvalue weighted by molar-refractivity contribution is -0.145. The maximum atomic E-state index is 11.8. The second-order valence-corrected chi connectivity index (χ2v) is 9.05. The zero-order valence-electron chi connectivity index (χ0n) is 21.1. The van der Waals surface area contributed by atoms with Gasteiger partial charge in [0.2, 0.25) is 0 Å². The number of pyridine rings is 1. The van der Waals surface area contributed by atoms with Crippen molar-refractivity contribution in [1.82, 2.24) is 10.4 Å². The Kier molecular flexibility index (Phi) is 8.35. The predicted molar refractivity (Wildman–Crippen MR) is 147 cm³/mol. The molecule has 1 unspecified atom stereocenters. The maximum absolute atomic E-state index is 11.8. The number of hydrogen-bond donors (Lipinski definition) is 2. The van der Waals surface area contributed by atoms with E-state index >= 15 is 0 Å². The molecule has 0 radical (unpaired) electrons. The van der Waals surface area contributed by atoms with E-state index < -0.39 is 11.6 Å². The Labute approximate surface area is 222 Å². The van der Waals surface area contributed by atoms with Crippen LogP contribution in [0.15, 0.2) is 72.1 Å². The van der Waals surface area contributed by atoms with Crippen LogP contribution in [0.1, 0.15) is 43.9 Å². The number of nitrogens with zero attached hydrogens (tertiary/aromatic N) is 2. The largest absolute Gasteiger partial charge is 0.482 e. The zero-order valence-corrected chi connectivity index (χ0v) is 21.9. The highest BCUT2D eigenvalue weighted by Gasteiger charge is 2.37. The van der Waals surface area contributed by atoms with Gasteiger partial charge in [-0.1, -0.05) is 31.2 Å². The summed E-state index contributed by atoms with van der Waals surface area (Å²) in [5.41, 5.74) is 6.78. The lowest BCUT2D eigenvalue weighted by atomic mass is 9.86. The molecule has 3 aromatic rings. The Bertz CT molecular complexity index is 1300. The standard InChI is InChI=1S/C28H30N4O4S/c1-4-19-9-6-7-11-23(19)30-27(37)32-31-24-16-28(3,20-10-8-14-29-17-20)36-25-13-12-21(15-22(24)25)35-18-26(33)34-5-2/h6-15,17H,4-5,16,18H2,1-3H3,(H2,30,32,37)/b31-24+. The van der Waals surface area contributed by atoms with Gasteiger partial charge in [0.25, 0.3) is 0 Å². The molecule has 9 heteroatoms. The van der Waals surface area contributed by atoms with Gasteiger partial charge in [-0.3, -0.25) is 10.4 Å². The van der Waals surface area contributed by atoms with E-state index in [-0.39, 0.29) is 6.61 Å². The van der Waals surface area contributed by atoms with Gasteiger partial charge in [0.1, 0.15) is 17.1 Å². The second-order valence-electron chi connectivity index (χ2n) is 8.64. The molecule has 1 aliphatic rings. The molecule has 0 saturated carbocycles. The summed E-state index contributed by atoms with van der Waals surface area (Å²) >= 11 is 5.54. The van der Waals surface area contributed by atoms with Crippen molar-refractivity contribution in [2.24, 2.45) is 5.10 Å². The molecular formula is C28H30N4O4S. The summed E-state index contributed by atoms with van der Waals surface area (Å²) in [6, 6.07) is 17.2. The number of para-hydroxylation sites is 1. The molecule has 2 N–H and O–H groups in total. The van der Waals surface area contributed by atoms with Crippen molar-refractivity contribution in [2.45, 2.75) is 39.2 Å². The molecule has 1 atom stereocenters. The van der Waals surface area contributed by atoms with E-state index in [1.807, 2.05) is 43.3 Å². The fourth-order valence-electron chi connectivity index (χ4n) is 4.11. The second kappa shape index (κ2) is 11.8. The highest BCUT2D eigenvalue weighted by molar-refractivity contribution is 7.80. The Hall–Kier alpha value is -3.98. The number of carbonyl (C=O) groups excluding carboxylic acids is 1. The number of aryl methyl sites for hydroxylation is 1. The molecule has 37 heavy (non-hydrogen) atoms. The third-order valence-electron chi connectivity index (χ3n) is 5.97. The minimum atomic E-state index is -0.695. The van der Waals surface area contributed by atoms with E-state index in [9.17, 15) is 4.79 Å². The monoisotopic (exact) mass is 518 g/mol. The van der Waals surface area contributed by atoms with Crippen LogP contribution in [-0.4, -0.2) is 35.0 Å². The SMILES string of the molecule is CCOC(=O)COc1ccc2c(c1)/C(=N/NC(=S)Nc1ccccc1CC)CC(C)(c1cccnc1)O2. The van der Waals surface area contributed by atoms with Crippen LogP contribution in [0.4, 0.5) is 5.69 Å². The lowest BCUT2D eigenvalue weighted by Crippen LogP contribution is -2.38. The number of thiocarbonyl (C=S) groups is 1. The minimum Gasteiger partial charge on any atom is -0.482 e. The van der Waals surface area contributed by atoms with E-state index in [2.05, 4.69) is 33.8 Å². The van der Waals surface area contributed by atoms with Crippen LogP contribution in [0.5, 0.6) is 11.5 Å². The van der Waals surface area contributed by atoms with Crippen LogP contribution in [-0.2, 0) is 21.6 Å². The summed E-state index contributed by atoms with van der Waals surface area (Å²) in [5.74, 6) is 0.711. The van der Waals surface area contributed by atoms with E-state index in [0.717, 1.165) is 34.5 Å². The first kappa shape index (κ1) is 26.1. The normalized spacial score (nSPS) is 17.3. The van der Waals surface area contributed by atoms with Gasteiger partial charge in [-0.15, -0.1) is 0 Å². The number of hydrazone groups is 1. The molecule has 0 spiro atoms. The summed E-state index contributed by atoms with van der Waals surface area (Å²) in [6.45, 7) is 5.96. The van der Waals surface area contributed by atoms with Gasteiger partial charge in [-0.25, -0.2) is 4.79 Å². The number of anilines is 1. The fraction of sp³-hybridized carbons (Fsp3) is 0.286. The molecule has 0 aliphatic carbocycles. The van der Waals surface area contributed by atoms with Gasteiger partial charge in [-0.2, -0.15) is 5.10 Å². The number of benzene rings is 2. The number of rotatable bonds is 8. The summed E-state index contributed by atoms with van der Waals surface area (Å²) in [4.78, 5) is 16.0. The first-order valence-electron chi connectivity index (χ1n) is 12.2. The predicted octanol–water partition coefficient (Wildman–Crippen LogP) is 4.97. The molecule has 1 aliphatic heterocycles. The molecule has 192 valence electrons. The quantitative estimate of drug-likeness (QED) is 0.245. The van der Waals surface area contributed by atoms with Crippen LogP contribution in [0.2, 0.25) is 0 Å². The van der Waals surface area contributed by atoms with E-state index in [1.54, 1.807) is 31.5 Å². The maximum Gasteiger partial charge on any atom is 0.344 e. The molecule has 8 nitrogen and oxygen atoms in total. The molecule has 2 aromatic carbocycles. The van der Waals surface area contributed by atoms with E-state index in [4.69, 9.17) is 26.4 Å². The van der Waals surface area contributed by atoms with Crippen LogP contribution >= 0.6 is 12.2 Å². The van der Waals surface area contributed by atoms with Crippen LogP contribution in [0, 0.1) is 0 Å². The summed E-state index contributed by atoms with van der Waals surface area (Å²) in [6.07, 6.45) is 4.85. The molecular weight excluding hydrogens is 488 g/mol. The van der Waals surface area contributed by atoms with Crippen molar-refractivity contribution in [3.05, 3.63) is 83.7 Å². The van der Waals surface area contributed by atoms with Crippen LogP contribution in [0.3, 0.4) is 0 Å². The highest BCUT2D eigenvalue weighted by atomic mass is 32.1. The number of aromatic nitrogens is 1. The Balaban J connectivity index is 1.61. The lowest BCUT2D eigenvalue weighted by Gasteiger charge is -2.36. The van der Waals surface area contributed by atoms with Gasteiger partial charge in [0.15, 0.2) is 11.7 Å². The molecule has 2 heterocycles. The average molecular weight is 519 g/mol. The number of nitrogens with one attached hydrogen (secondary N) is 2. The van der Waals surface area contributed by atoms with E-state index in [0.29, 0.717) is 29.6 Å². The first-order chi connectivity index (χ1) is 17.9. The third kappa shape index (κ3) is 6.42. The van der Waals surface area contributed by atoms with Gasteiger partial charge in [-0.05, 0) is 68.4 Å². The van der Waals surface area contributed by atoms with Crippen molar-refractivity contribution >= 4 is 34.7 Å². The Morgan fingerprint density at radius 2 is 2.03 bits per heavy atom. The number of esters is 1. The van der Waals surface area contributed by atoms with Gasteiger partial charge < -0.3 is 19.5 Å². The van der Waals surface area contributed by atoms with Crippen molar-refractivity contribution in [3.63, 3.8) is 0 Å². The summed E-state index contributed by atoms with van der Waals surface area (Å²) < 4.78 is 17.0. The van der Waals surface area contributed by atoms with Gasteiger partial charge in [0.05, 0.1) is 12.3 Å². The third-order valence-corrected chi connectivity index (χ3v) is 6.17. The molecule has 0 amide bonds. The van der Waals surface area contributed by atoms with Crippen LogP contribution < -0.4 is 20.2 Å². The fourth-order valence-corrected chi connectivity index (χ4v) is 4.26. The summed E-state index contributed by atoms with van der Waals surface area (Å²) in [5, 5.41) is 8.28. The van der Waals surface area contributed by atoms with E-state index in [1.165, 1.54) is 0 Å². The molecule has 1 aromatic heterocycles.